The fourth-order valence-electron chi connectivity index (χ4n) is 2.73. The van der Waals surface area contributed by atoms with Crippen molar-refractivity contribution in [2.75, 3.05) is 19.0 Å². The lowest BCUT2D eigenvalue weighted by atomic mass is 10.1. The van der Waals surface area contributed by atoms with Crippen molar-refractivity contribution in [3.05, 3.63) is 42.5 Å². The van der Waals surface area contributed by atoms with Crippen LogP contribution in [0.4, 0.5) is 5.69 Å². The Labute approximate surface area is 149 Å². The van der Waals surface area contributed by atoms with E-state index in [0.717, 1.165) is 23.7 Å². The molecule has 1 amide bonds. The number of nitrogens with one attached hydrogen (secondary N) is 1. The summed E-state index contributed by atoms with van der Waals surface area (Å²) in [5, 5.41) is 3.34. The molecule has 136 valence electrons. The van der Waals surface area contributed by atoms with Gasteiger partial charge < -0.3 is 19.5 Å². The van der Waals surface area contributed by atoms with Crippen molar-refractivity contribution in [1.82, 2.24) is 14.5 Å². The summed E-state index contributed by atoms with van der Waals surface area (Å²) < 4.78 is 7.20. The lowest BCUT2D eigenvalue weighted by molar-refractivity contribution is -0.132. The second-order valence-electron chi connectivity index (χ2n) is 6.05. The first-order chi connectivity index (χ1) is 12.1. The Morgan fingerprint density at radius 2 is 2.20 bits per heavy atom. The number of anilines is 1. The van der Waals surface area contributed by atoms with Crippen molar-refractivity contribution in [3.8, 4) is 5.75 Å². The highest BCUT2D eigenvalue weighted by Gasteiger charge is 2.23. The Hall–Kier alpha value is -2.50. The molecule has 0 radical (unpaired) electrons. The minimum atomic E-state index is -0.279. The summed E-state index contributed by atoms with van der Waals surface area (Å²) in [5.74, 6) is 1.75. The molecule has 2 aromatic rings. The van der Waals surface area contributed by atoms with Gasteiger partial charge in [0, 0.05) is 37.7 Å². The number of imidazole rings is 1. The van der Waals surface area contributed by atoms with Crippen LogP contribution in [0.25, 0.3) is 0 Å². The summed E-state index contributed by atoms with van der Waals surface area (Å²) in [7, 11) is 3.58. The maximum atomic E-state index is 13.1. The normalized spacial score (nSPS) is 11.8. The van der Waals surface area contributed by atoms with Gasteiger partial charge in [-0.25, -0.2) is 4.98 Å². The van der Waals surface area contributed by atoms with E-state index in [1.165, 1.54) is 0 Å². The van der Waals surface area contributed by atoms with Gasteiger partial charge in [-0.2, -0.15) is 0 Å². The average Bonchev–Trinajstić information content (AvgIpc) is 3.03. The Morgan fingerprint density at radius 1 is 1.40 bits per heavy atom. The number of rotatable bonds is 9. The van der Waals surface area contributed by atoms with Gasteiger partial charge in [-0.15, -0.1) is 0 Å². The molecule has 0 aliphatic heterocycles. The van der Waals surface area contributed by atoms with Crippen LogP contribution in [0.3, 0.4) is 0 Å². The number of ether oxygens (including phenoxy) is 1. The van der Waals surface area contributed by atoms with Crippen LogP contribution >= 0.6 is 0 Å². The molecule has 1 atom stereocenters. The molecule has 0 bridgehead atoms. The van der Waals surface area contributed by atoms with Crippen LogP contribution in [0.15, 0.2) is 36.7 Å². The van der Waals surface area contributed by atoms with E-state index in [9.17, 15) is 4.79 Å². The molecule has 6 nitrogen and oxygen atoms in total. The first-order valence-corrected chi connectivity index (χ1v) is 8.74. The number of amides is 1. The molecular weight excluding hydrogens is 316 g/mol. The molecule has 25 heavy (non-hydrogen) atoms. The summed E-state index contributed by atoms with van der Waals surface area (Å²) in [5.41, 5.74) is 0.882. The number of aryl methyl sites for hydroxylation is 1. The lowest BCUT2D eigenvalue weighted by Crippen LogP contribution is -2.43. The fourth-order valence-corrected chi connectivity index (χ4v) is 2.73. The molecule has 0 spiro atoms. The molecule has 0 fully saturated rings. The van der Waals surface area contributed by atoms with E-state index in [4.69, 9.17) is 4.74 Å². The molecule has 1 N–H and O–H groups in total. The van der Waals surface area contributed by atoms with Crippen LogP contribution in [-0.4, -0.2) is 40.1 Å². The molecule has 0 saturated carbocycles. The summed E-state index contributed by atoms with van der Waals surface area (Å²) in [6, 6.07) is 7.37. The largest absolute Gasteiger partial charge is 0.497 e. The number of hydrogen-bond donors (Lipinski definition) is 1. The highest BCUT2D eigenvalue weighted by molar-refractivity contribution is 5.84. The number of benzene rings is 1. The van der Waals surface area contributed by atoms with Gasteiger partial charge in [-0.3, -0.25) is 4.79 Å². The minimum Gasteiger partial charge on any atom is -0.497 e. The SMILES string of the molecule is CCCN(Cc1nccn1C)C(=O)[C@H](CC)Nc1cccc(OC)c1. The monoisotopic (exact) mass is 344 g/mol. The standard InChI is InChI=1S/C19H28N4O2/c1-5-11-23(14-18-20-10-12-22(18)3)19(24)17(6-2)21-15-8-7-9-16(13-15)25-4/h7-10,12-13,17,21H,5-6,11,14H2,1-4H3/t17-/m0/s1. The van der Waals surface area contributed by atoms with Gasteiger partial charge in [0.2, 0.25) is 5.91 Å². The third kappa shape index (κ3) is 4.98. The van der Waals surface area contributed by atoms with Crippen molar-refractivity contribution in [2.45, 2.75) is 39.3 Å². The third-order valence-electron chi connectivity index (χ3n) is 4.18. The molecule has 1 heterocycles. The van der Waals surface area contributed by atoms with Crippen LogP contribution in [0.1, 0.15) is 32.5 Å². The van der Waals surface area contributed by atoms with Crippen molar-refractivity contribution >= 4 is 11.6 Å². The topological polar surface area (TPSA) is 59.4 Å². The van der Waals surface area contributed by atoms with Crippen molar-refractivity contribution in [3.63, 3.8) is 0 Å². The van der Waals surface area contributed by atoms with Crippen LogP contribution < -0.4 is 10.1 Å². The molecule has 1 aromatic heterocycles. The van der Waals surface area contributed by atoms with Gasteiger partial charge in [0.25, 0.3) is 0 Å². The number of aromatic nitrogens is 2. The molecule has 1 aromatic carbocycles. The van der Waals surface area contributed by atoms with E-state index in [-0.39, 0.29) is 11.9 Å². The predicted molar refractivity (Wildman–Crippen MR) is 99.6 cm³/mol. The minimum absolute atomic E-state index is 0.0927. The van der Waals surface area contributed by atoms with E-state index in [1.54, 1.807) is 13.3 Å². The van der Waals surface area contributed by atoms with E-state index in [2.05, 4.69) is 17.2 Å². The van der Waals surface area contributed by atoms with Gasteiger partial charge in [0.1, 0.15) is 17.6 Å². The van der Waals surface area contributed by atoms with E-state index in [1.807, 2.05) is 53.9 Å². The van der Waals surface area contributed by atoms with Crippen LogP contribution in [0, 0.1) is 0 Å². The zero-order valence-corrected chi connectivity index (χ0v) is 15.5. The number of methoxy groups -OCH3 is 1. The first kappa shape index (κ1) is 18.8. The van der Waals surface area contributed by atoms with Gasteiger partial charge >= 0.3 is 0 Å². The molecule has 2 rings (SSSR count). The van der Waals surface area contributed by atoms with Crippen LogP contribution in [0.2, 0.25) is 0 Å². The zero-order valence-electron chi connectivity index (χ0n) is 15.5. The van der Waals surface area contributed by atoms with Crippen molar-refractivity contribution in [1.29, 1.82) is 0 Å². The van der Waals surface area contributed by atoms with Gasteiger partial charge in [0.15, 0.2) is 0 Å². The summed E-state index contributed by atoms with van der Waals surface area (Å²) >= 11 is 0. The smallest absolute Gasteiger partial charge is 0.245 e. The molecule has 0 aliphatic rings. The van der Waals surface area contributed by atoms with Gasteiger partial charge in [0.05, 0.1) is 13.7 Å². The van der Waals surface area contributed by atoms with Crippen molar-refractivity contribution < 1.29 is 9.53 Å². The Balaban J connectivity index is 2.12. The molecule has 0 aliphatic carbocycles. The quantitative estimate of drug-likeness (QED) is 0.759. The second-order valence-corrected chi connectivity index (χ2v) is 6.05. The number of carbonyl (C=O) groups is 1. The zero-order chi connectivity index (χ0) is 18.2. The number of carbonyl (C=O) groups excluding carboxylic acids is 1. The second kappa shape index (κ2) is 9.11. The molecule has 0 unspecified atom stereocenters. The highest BCUT2D eigenvalue weighted by Crippen LogP contribution is 2.19. The molecule has 6 heteroatoms. The summed E-state index contributed by atoms with van der Waals surface area (Å²) in [4.78, 5) is 19.3. The third-order valence-corrected chi connectivity index (χ3v) is 4.18. The first-order valence-electron chi connectivity index (χ1n) is 8.74. The Morgan fingerprint density at radius 3 is 2.80 bits per heavy atom. The number of hydrogen-bond acceptors (Lipinski definition) is 4. The van der Waals surface area contributed by atoms with E-state index < -0.39 is 0 Å². The predicted octanol–water partition coefficient (Wildman–Crippen LogP) is 3.06. The van der Waals surface area contributed by atoms with E-state index >= 15 is 0 Å². The summed E-state index contributed by atoms with van der Waals surface area (Å²) in [6.07, 6.45) is 5.27. The van der Waals surface area contributed by atoms with Gasteiger partial charge in [-0.1, -0.05) is 19.9 Å². The highest BCUT2D eigenvalue weighted by atomic mass is 16.5. The summed E-state index contributed by atoms with van der Waals surface area (Å²) in [6.45, 7) is 5.32. The Kier molecular flexibility index (Phi) is 6.86. The fraction of sp³-hybridized carbons (Fsp3) is 0.474. The maximum absolute atomic E-state index is 13.1. The average molecular weight is 344 g/mol. The Bertz CT molecular complexity index is 684. The van der Waals surface area contributed by atoms with Crippen LogP contribution in [0.5, 0.6) is 5.75 Å². The number of nitrogens with zero attached hydrogens (tertiary/aromatic N) is 3. The van der Waals surface area contributed by atoms with Crippen molar-refractivity contribution in [2.24, 2.45) is 7.05 Å². The maximum Gasteiger partial charge on any atom is 0.245 e. The van der Waals surface area contributed by atoms with Crippen LogP contribution in [-0.2, 0) is 18.4 Å². The molecule has 0 saturated heterocycles. The van der Waals surface area contributed by atoms with E-state index in [0.29, 0.717) is 19.5 Å². The molecular formula is C19H28N4O2. The van der Waals surface area contributed by atoms with Gasteiger partial charge in [-0.05, 0) is 25.0 Å². The lowest BCUT2D eigenvalue weighted by Gasteiger charge is -2.27.